The van der Waals surface area contributed by atoms with Gasteiger partial charge < -0.3 is 35.2 Å². The SMILES string of the molecule is NC(=O)N(CCc1ccc2ccccc2c1)C(=O)C1CCCCN1C(=O)C(CSCP(=O)(O)O)NC(=O)Cc1ccc2c(c1)OCO2. The van der Waals surface area contributed by atoms with Crippen LogP contribution < -0.4 is 20.5 Å². The Morgan fingerprint density at radius 1 is 1.00 bits per heavy atom. The summed E-state index contributed by atoms with van der Waals surface area (Å²) in [4.78, 5) is 74.5. The van der Waals surface area contributed by atoms with E-state index < -0.39 is 48.9 Å². The molecule has 0 saturated carbocycles. The average Bonchev–Trinajstić information content (AvgIpc) is 3.51. The Bertz CT molecular complexity index is 1700. The number of piperidine rings is 1. The van der Waals surface area contributed by atoms with E-state index in [4.69, 9.17) is 15.2 Å². The monoisotopic (exact) mass is 684 g/mol. The van der Waals surface area contributed by atoms with Gasteiger partial charge in [-0.3, -0.25) is 23.8 Å². The summed E-state index contributed by atoms with van der Waals surface area (Å²) in [6.45, 7) is 0.285. The first-order chi connectivity index (χ1) is 22.5. The Morgan fingerprint density at radius 2 is 1.74 bits per heavy atom. The van der Waals surface area contributed by atoms with Crippen LogP contribution in [0.4, 0.5) is 4.79 Å². The maximum absolute atomic E-state index is 14.0. The molecule has 0 bridgehead atoms. The zero-order chi connectivity index (χ0) is 33.6. The van der Waals surface area contributed by atoms with E-state index in [9.17, 15) is 33.5 Å². The second-order valence-corrected chi connectivity index (χ2v) is 14.6. The minimum atomic E-state index is -4.39. The Hall–Kier alpha value is -4.10. The number of likely N-dealkylation sites (tertiary alicyclic amines) is 1. The van der Waals surface area contributed by atoms with Gasteiger partial charge in [0.15, 0.2) is 11.5 Å². The molecule has 250 valence electrons. The Labute approximate surface area is 275 Å². The number of nitrogens with one attached hydrogen (secondary N) is 1. The number of urea groups is 1. The second kappa shape index (κ2) is 15.2. The third-order valence-electron chi connectivity index (χ3n) is 8.02. The van der Waals surface area contributed by atoms with Gasteiger partial charge in [-0.15, -0.1) is 11.8 Å². The number of ether oxygens (including phenoxy) is 2. The molecule has 5 N–H and O–H groups in total. The molecule has 5 rings (SSSR count). The number of thioether (sulfide) groups is 1. The predicted octanol–water partition coefficient (Wildman–Crippen LogP) is 3.00. The summed E-state index contributed by atoms with van der Waals surface area (Å²) in [7, 11) is -4.39. The summed E-state index contributed by atoms with van der Waals surface area (Å²) in [5.74, 6) is -0.795. The van der Waals surface area contributed by atoms with Crippen molar-refractivity contribution in [1.29, 1.82) is 0 Å². The molecule has 2 atom stereocenters. The molecule has 3 aromatic rings. The van der Waals surface area contributed by atoms with Gasteiger partial charge >= 0.3 is 13.6 Å². The zero-order valence-electron chi connectivity index (χ0n) is 25.6. The van der Waals surface area contributed by atoms with Gasteiger partial charge in [-0.25, -0.2) is 4.79 Å². The number of nitrogens with two attached hydrogens (primary N) is 1. The van der Waals surface area contributed by atoms with Crippen LogP contribution in [0.15, 0.2) is 60.7 Å². The van der Waals surface area contributed by atoms with Gasteiger partial charge in [0.2, 0.25) is 18.6 Å². The maximum atomic E-state index is 14.0. The van der Waals surface area contributed by atoms with Crippen molar-refractivity contribution < 1.29 is 43.0 Å². The molecule has 3 aromatic carbocycles. The van der Waals surface area contributed by atoms with Crippen LogP contribution in [-0.4, -0.2) is 86.6 Å². The molecule has 2 aliphatic heterocycles. The number of hydrogen-bond donors (Lipinski definition) is 4. The van der Waals surface area contributed by atoms with E-state index >= 15 is 0 Å². The van der Waals surface area contributed by atoms with Crippen molar-refractivity contribution in [2.45, 2.75) is 44.2 Å². The lowest BCUT2D eigenvalue weighted by molar-refractivity contribution is -0.147. The highest BCUT2D eigenvalue weighted by Crippen LogP contribution is 2.39. The highest BCUT2D eigenvalue weighted by atomic mass is 32.2. The third kappa shape index (κ3) is 9.04. The van der Waals surface area contributed by atoms with Crippen molar-refractivity contribution in [2.75, 3.05) is 31.1 Å². The van der Waals surface area contributed by atoms with Crippen LogP contribution in [0.1, 0.15) is 30.4 Å². The van der Waals surface area contributed by atoms with Gasteiger partial charge in [0, 0.05) is 18.8 Å². The molecule has 1 fully saturated rings. The fourth-order valence-corrected chi connectivity index (χ4v) is 7.58. The number of carbonyl (C=O) groups excluding carboxylic acids is 4. The fourth-order valence-electron chi connectivity index (χ4n) is 5.74. The van der Waals surface area contributed by atoms with Crippen molar-refractivity contribution in [3.63, 3.8) is 0 Å². The first kappa shape index (κ1) is 34.2. The highest BCUT2D eigenvalue weighted by Gasteiger charge is 2.39. The van der Waals surface area contributed by atoms with Gasteiger partial charge in [-0.2, -0.15) is 0 Å². The molecule has 15 heteroatoms. The third-order valence-corrected chi connectivity index (χ3v) is 10.7. The highest BCUT2D eigenvalue weighted by molar-refractivity contribution is 8.04. The number of nitrogens with zero attached hydrogens (tertiary/aromatic N) is 2. The standard InChI is InChI=1S/C32H37N4O9PS/c33-32(40)36(14-12-21-8-10-23-5-1-2-6-24(23)15-21)31(39)26-7-3-4-13-35(26)30(38)25(18-47-20-46(41,42)43)34-29(37)17-22-9-11-27-28(16-22)45-19-44-27/h1-2,5-6,8-11,15-16,25-26H,3-4,7,12-14,17-20H2,(H2,33,40)(H,34,37)(H2,41,42,43). The van der Waals surface area contributed by atoms with Crippen molar-refractivity contribution in [1.82, 2.24) is 15.1 Å². The molecule has 0 aliphatic carbocycles. The van der Waals surface area contributed by atoms with E-state index in [-0.39, 0.29) is 38.5 Å². The number of amides is 5. The predicted molar refractivity (Wildman–Crippen MR) is 176 cm³/mol. The van der Waals surface area contributed by atoms with Crippen LogP contribution in [-0.2, 0) is 31.8 Å². The summed E-state index contributed by atoms with van der Waals surface area (Å²) in [5.41, 5.74) is 6.63. The second-order valence-electron chi connectivity index (χ2n) is 11.5. The normalized spacial score (nSPS) is 16.5. The fraction of sp³-hybridized carbons (Fsp3) is 0.375. The molecule has 13 nitrogen and oxygen atoms in total. The zero-order valence-corrected chi connectivity index (χ0v) is 27.3. The number of rotatable bonds is 12. The smallest absolute Gasteiger partial charge is 0.335 e. The quantitative estimate of drug-likeness (QED) is 0.207. The van der Waals surface area contributed by atoms with Gasteiger partial charge in [-0.05, 0) is 59.7 Å². The number of hydrogen-bond acceptors (Lipinski definition) is 8. The van der Waals surface area contributed by atoms with E-state index in [1.165, 1.54) is 4.90 Å². The first-order valence-corrected chi connectivity index (χ1v) is 18.1. The molecule has 1 saturated heterocycles. The van der Waals surface area contributed by atoms with Gasteiger partial charge in [0.1, 0.15) is 12.1 Å². The van der Waals surface area contributed by atoms with Crippen molar-refractivity contribution >= 4 is 53.9 Å². The number of carbonyl (C=O) groups is 4. The minimum absolute atomic E-state index is 0.0128. The first-order valence-electron chi connectivity index (χ1n) is 15.2. The molecular weight excluding hydrogens is 647 g/mol. The van der Waals surface area contributed by atoms with E-state index in [0.29, 0.717) is 36.3 Å². The van der Waals surface area contributed by atoms with Gasteiger partial charge in [-0.1, -0.05) is 48.5 Å². The molecule has 2 unspecified atom stereocenters. The summed E-state index contributed by atoms with van der Waals surface area (Å²) in [6, 6.07) is 15.6. The van der Waals surface area contributed by atoms with Crippen LogP contribution in [0.3, 0.4) is 0 Å². The van der Waals surface area contributed by atoms with E-state index in [0.717, 1.165) is 33.0 Å². The average molecular weight is 685 g/mol. The van der Waals surface area contributed by atoms with Crippen LogP contribution >= 0.6 is 19.4 Å². The Balaban J connectivity index is 1.29. The van der Waals surface area contributed by atoms with Crippen LogP contribution in [0.5, 0.6) is 11.5 Å². The number of benzene rings is 3. The number of primary amides is 1. The lowest BCUT2D eigenvalue weighted by Gasteiger charge is -2.38. The number of fused-ring (bicyclic) bond motifs is 2. The Kier molecular flexibility index (Phi) is 11.1. The summed E-state index contributed by atoms with van der Waals surface area (Å²) in [6.07, 6.45) is 1.77. The van der Waals surface area contributed by atoms with Crippen molar-refractivity contribution in [3.8, 4) is 11.5 Å². The van der Waals surface area contributed by atoms with Crippen LogP contribution in [0.25, 0.3) is 10.8 Å². The van der Waals surface area contributed by atoms with Crippen LogP contribution in [0, 0.1) is 0 Å². The molecule has 5 amide bonds. The molecule has 0 spiro atoms. The van der Waals surface area contributed by atoms with E-state index in [1.54, 1.807) is 18.2 Å². The summed E-state index contributed by atoms with van der Waals surface area (Å²) in [5, 5.41) is 4.78. The molecule has 0 radical (unpaired) electrons. The largest absolute Gasteiger partial charge is 0.454 e. The summed E-state index contributed by atoms with van der Waals surface area (Å²) < 4.78 is 22.2. The topological polar surface area (TPSA) is 189 Å². The summed E-state index contributed by atoms with van der Waals surface area (Å²) >= 11 is 0.821. The Morgan fingerprint density at radius 3 is 2.51 bits per heavy atom. The lowest BCUT2D eigenvalue weighted by Crippen LogP contribution is -2.60. The molecular formula is C32H37N4O9PS. The van der Waals surface area contributed by atoms with E-state index in [1.807, 2.05) is 42.5 Å². The van der Waals surface area contributed by atoms with Crippen molar-refractivity contribution in [3.05, 3.63) is 71.8 Å². The molecule has 2 aliphatic rings. The van der Waals surface area contributed by atoms with Gasteiger partial charge in [0.25, 0.3) is 5.91 Å². The van der Waals surface area contributed by atoms with Crippen molar-refractivity contribution in [2.24, 2.45) is 5.73 Å². The minimum Gasteiger partial charge on any atom is -0.454 e. The molecule has 47 heavy (non-hydrogen) atoms. The van der Waals surface area contributed by atoms with Crippen LogP contribution in [0.2, 0.25) is 0 Å². The lowest BCUT2D eigenvalue weighted by atomic mass is 9.99. The van der Waals surface area contributed by atoms with E-state index in [2.05, 4.69) is 5.32 Å². The molecule has 0 aromatic heterocycles. The molecule has 2 heterocycles. The maximum Gasteiger partial charge on any atom is 0.335 e. The van der Waals surface area contributed by atoms with Gasteiger partial charge in [0.05, 0.1) is 11.9 Å². The number of imide groups is 1.